The van der Waals surface area contributed by atoms with Crippen molar-refractivity contribution in [2.24, 2.45) is 0 Å². The van der Waals surface area contributed by atoms with Gasteiger partial charge in [0.15, 0.2) is 0 Å². The van der Waals surface area contributed by atoms with Gasteiger partial charge in [-0.25, -0.2) is 0 Å². The Morgan fingerprint density at radius 3 is 2.78 bits per heavy atom. The molecule has 1 nitrogen and oxygen atoms in total. The molecule has 0 N–H and O–H groups in total. The van der Waals surface area contributed by atoms with E-state index in [9.17, 15) is 0 Å². The molecule has 0 aromatic heterocycles. The molecule has 2 aromatic rings. The van der Waals surface area contributed by atoms with Crippen LogP contribution in [-0.2, 0) is 6.42 Å². The number of rotatable bonds is 2. The van der Waals surface area contributed by atoms with E-state index in [4.69, 9.17) is 4.74 Å². The van der Waals surface area contributed by atoms with Gasteiger partial charge in [-0.15, -0.1) is 0 Å². The summed E-state index contributed by atoms with van der Waals surface area (Å²) < 4.78 is 5.61. The van der Waals surface area contributed by atoms with Crippen LogP contribution in [0.15, 0.2) is 43.0 Å². The number of benzene rings is 2. The van der Waals surface area contributed by atoms with E-state index in [1.54, 1.807) is 0 Å². The van der Waals surface area contributed by atoms with Crippen LogP contribution in [0.3, 0.4) is 0 Å². The molecule has 90 valence electrons. The van der Waals surface area contributed by atoms with Gasteiger partial charge in [0, 0.05) is 12.0 Å². The Kier molecular flexibility index (Phi) is 2.67. The molecular weight excluding hydrogens is 220 g/mol. The molecule has 1 aliphatic heterocycles. The molecule has 0 atom stereocenters. The van der Waals surface area contributed by atoms with Gasteiger partial charge in [0.05, 0.1) is 6.61 Å². The highest BCUT2D eigenvalue weighted by Crippen LogP contribution is 2.36. The first kappa shape index (κ1) is 11.1. The van der Waals surface area contributed by atoms with Crippen molar-refractivity contribution in [3.05, 3.63) is 59.7 Å². The third kappa shape index (κ3) is 1.63. The largest absolute Gasteiger partial charge is 0.493 e. The van der Waals surface area contributed by atoms with Crippen molar-refractivity contribution >= 4 is 6.08 Å². The van der Waals surface area contributed by atoms with Crippen LogP contribution in [0.25, 0.3) is 17.2 Å². The average molecular weight is 236 g/mol. The molecule has 0 amide bonds. The zero-order valence-electron chi connectivity index (χ0n) is 10.6. The molecule has 3 rings (SSSR count). The molecule has 0 aliphatic carbocycles. The fourth-order valence-electron chi connectivity index (χ4n) is 2.65. The first-order valence-corrected chi connectivity index (χ1v) is 6.28. The van der Waals surface area contributed by atoms with Crippen molar-refractivity contribution in [2.75, 3.05) is 6.61 Å². The predicted octanol–water partition coefficient (Wildman–Crippen LogP) is 4.24. The highest BCUT2D eigenvalue weighted by atomic mass is 16.5. The Balaban J connectivity index is 2.21. The Labute approximate surface area is 108 Å². The maximum absolute atomic E-state index is 5.61. The molecule has 0 radical (unpaired) electrons. The predicted molar refractivity (Wildman–Crippen MR) is 75.9 cm³/mol. The molecule has 0 bridgehead atoms. The third-order valence-electron chi connectivity index (χ3n) is 3.64. The first-order chi connectivity index (χ1) is 8.81. The summed E-state index contributed by atoms with van der Waals surface area (Å²) in [6.07, 6.45) is 2.93. The minimum Gasteiger partial charge on any atom is -0.493 e. The molecule has 0 unspecified atom stereocenters. The quantitative estimate of drug-likeness (QED) is 0.757. The average Bonchev–Trinajstić information content (AvgIpc) is 2.88. The lowest BCUT2D eigenvalue weighted by molar-refractivity contribution is 0.357. The topological polar surface area (TPSA) is 9.23 Å². The van der Waals surface area contributed by atoms with E-state index in [-0.39, 0.29) is 0 Å². The smallest absolute Gasteiger partial charge is 0.122 e. The van der Waals surface area contributed by atoms with Gasteiger partial charge in [0.2, 0.25) is 0 Å². The van der Waals surface area contributed by atoms with E-state index < -0.39 is 0 Å². The molecule has 18 heavy (non-hydrogen) atoms. The number of hydrogen-bond acceptors (Lipinski definition) is 1. The lowest BCUT2D eigenvalue weighted by Crippen LogP contribution is -1.91. The second kappa shape index (κ2) is 4.34. The van der Waals surface area contributed by atoms with Crippen LogP contribution < -0.4 is 4.74 Å². The zero-order valence-corrected chi connectivity index (χ0v) is 10.6. The standard InChI is InChI=1S/C17H16O/c1-3-13-6-4-5-7-16(13)14-8-9-17-15(12(14)2)10-11-18-17/h3-9H,1,10-11H2,2H3. The molecular formula is C17H16O. The van der Waals surface area contributed by atoms with Crippen molar-refractivity contribution in [3.8, 4) is 16.9 Å². The number of fused-ring (bicyclic) bond motifs is 1. The maximum Gasteiger partial charge on any atom is 0.122 e. The second-order valence-corrected chi connectivity index (χ2v) is 4.60. The van der Waals surface area contributed by atoms with Crippen LogP contribution in [0.2, 0.25) is 0 Å². The summed E-state index contributed by atoms with van der Waals surface area (Å²) >= 11 is 0. The molecule has 0 fully saturated rings. The molecule has 2 aromatic carbocycles. The summed E-state index contributed by atoms with van der Waals surface area (Å²) in [6, 6.07) is 12.6. The lowest BCUT2D eigenvalue weighted by atomic mass is 9.92. The Morgan fingerprint density at radius 1 is 1.11 bits per heavy atom. The second-order valence-electron chi connectivity index (χ2n) is 4.60. The van der Waals surface area contributed by atoms with Crippen LogP contribution in [0.4, 0.5) is 0 Å². The van der Waals surface area contributed by atoms with Gasteiger partial charge in [0.1, 0.15) is 5.75 Å². The van der Waals surface area contributed by atoms with E-state index in [1.165, 1.54) is 27.8 Å². The minimum atomic E-state index is 0.808. The van der Waals surface area contributed by atoms with Gasteiger partial charge < -0.3 is 4.74 Å². The van der Waals surface area contributed by atoms with E-state index in [2.05, 4.69) is 43.8 Å². The summed E-state index contributed by atoms with van der Waals surface area (Å²) in [7, 11) is 0. The van der Waals surface area contributed by atoms with E-state index in [0.29, 0.717) is 0 Å². The van der Waals surface area contributed by atoms with Crippen molar-refractivity contribution in [2.45, 2.75) is 13.3 Å². The molecule has 1 heteroatoms. The monoisotopic (exact) mass is 236 g/mol. The van der Waals surface area contributed by atoms with Gasteiger partial charge in [-0.05, 0) is 35.2 Å². The van der Waals surface area contributed by atoms with Gasteiger partial charge >= 0.3 is 0 Å². The summed E-state index contributed by atoms with van der Waals surface area (Å²) in [6.45, 7) is 6.89. The van der Waals surface area contributed by atoms with Gasteiger partial charge in [-0.1, -0.05) is 43.0 Å². The van der Waals surface area contributed by atoms with E-state index in [1.807, 2.05) is 12.1 Å². The van der Waals surface area contributed by atoms with Crippen LogP contribution in [-0.4, -0.2) is 6.61 Å². The molecule has 0 spiro atoms. The fourth-order valence-corrected chi connectivity index (χ4v) is 2.65. The lowest BCUT2D eigenvalue weighted by Gasteiger charge is -2.12. The van der Waals surface area contributed by atoms with Crippen LogP contribution in [0.1, 0.15) is 16.7 Å². The normalized spacial score (nSPS) is 12.9. The SMILES string of the molecule is C=Cc1ccccc1-c1ccc2c(c1C)CCO2. The maximum atomic E-state index is 5.61. The first-order valence-electron chi connectivity index (χ1n) is 6.28. The van der Waals surface area contributed by atoms with Crippen molar-refractivity contribution in [1.29, 1.82) is 0 Å². The van der Waals surface area contributed by atoms with Crippen molar-refractivity contribution in [1.82, 2.24) is 0 Å². The van der Waals surface area contributed by atoms with Gasteiger partial charge in [0.25, 0.3) is 0 Å². The molecule has 1 heterocycles. The summed E-state index contributed by atoms with van der Waals surface area (Å²) in [5.74, 6) is 1.05. The highest BCUT2D eigenvalue weighted by molar-refractivity contribution is 5.78. The molecule has 1 aliphatic rings. The van der Waals surface area contributed by atoms with Crippen LogP contribution in [0, 0.1) is 6.92 Å². The van der Waals surface area contributed by atoms with Crippen molar-refractivity contribution in [3.63, 3.8) is 0 Å². The van der Waals surface area contributed by atoms with Crippen LogP contribution in [0.5, 0.6) is 5.75 Å². The fraction of sp³-hybridized carbons (Fsp3) is 0.176. The van der Waals surface area contributed by atoms with E-state index in [0.717, 1.165) is 18.8 Å². The Bertz CT molecular complexity index is 611. The Hall–Kier alpha value is -2.02. The summed E-state index contributed by atoms with van der Waals surface area (Å²) in [5, 5.41) is 0. The van der Waals surface area contributed by atoms with E-state index >= 15 is 0 Å². The van der Waals surface area contributed by atoms with Gasteiger partial charge in [-0.2, -0.15) is 0 Å². The third-order valence-corrected chi connectivity index (χ3v) is 3.64. The molecule has 0 saturated heterocycles. The highest BCUT2D eigenvalue weighted by Gasteiger charge is 2.17. The minimum absolute atomic E-state index is 0.808. The zero-order chi connectivity index (χ0) is 12.5. The van der Waals surface area contributed by atoms with Gasteiger partial charge in [-0.3, -0.25) is 0 Å². The summed E-state index contributed by atoms with van der Waals surface area (Å²) in [4.78, 5) is 0. The van der Waals surface area contributed by atoms with Crippen molar-refractivity contribution < 1.29 is 4.74 Å². The number of hydrogen-bond donors (Lipinski definition) is 0. The van der Waals surface area contributed by atoms with Crippen LogP contribution >= 0.6 is 0 Å². The molecule has 0 saturated carbocycles. The summed E-state index contributed by atoms with van der Waals surface area (Å²) in [5.41, 5.74) is 6.40. The Morgan fingerprint density at radius 2 is 1.94 bits per heavy atom. The number of ether oxygens (including phenoxy) is 1.